The number of sulfonamides is 1. The number of aryl methyl sites for hydroxylation is 1. The molecule has 2 aromatic heterocycles. The standard InChI is InChI=1S/C8H11N5O3S2/c1-5-7(17-8(14)12-5)18(15,16)11-3-2-6-9-4-10-13-6/h4,11H,2-3H2,1H3,(H,12,14)(H,9,10,13). The molecule has 18 heavy (non-hydrogen) atoms. The number of rotatable bonds is 5. The normalized spacial score (nSPS) is 11.8. The predicted octanol–water partition coefficient (Wildman–Crippen LogP) is -0.616. The molecule has 0 aliphatic carbocycles. The van der Waals surface area contributed by atoms with Crippen molar-refractivity contribution in [2.45, 2.75) is 17.6 Å². The van der Waals surface area contributed by atoms with E-state index in [1.807, 2.05) is 0 Å². The molecule has 2 rings (SSSR count). The summed E-state index contributed by atoms with van der Waals surface area (Å²) in [5.41, 5.74) is 0.345. The van der Waals surface area contributed by atoms with Crippen LogP contribution in [0.1, 0.15) is 11.5 Å². The van der Waals surface area contributed by atoms with Crippen LogP contribution in [0, 0.1) is 6.92 Å². The van der Waals surface area contributed by atoms with E-state index in [9.17, 15) is 13.2 Å². The fourth-order valence-corrected chi connectivity index (χ4v) is 3.74. The van der Waals surface area contributed by atoms with Gasteiger partial charge in [-0.2, -0.15) is 5.10 Å². The maximum absolute atomic E-state index is 11.9. The molecular weight excluding hydrogens is 278 g/mol. The van der Waals surface area contributed by atoms with E-state index in [2.05, 4.69) is 24.9 Å². The lowest BCUT2D eigenvalue weighted by Gasteiger charge is -2.03. The predicted molar refractivity (Wildman–Crippen MR) is 65.0 cm³/mol. The highest BCUT2D eigenvalue weighted by Gasteiger charge is 2.19. The molecule has 0 aliphatic rings. The molecule has 0 atom stereocenters. The van der Waals surface area contributed by atoms with Crippen LogP contribution >= 0.6 is 11.3 Å². The van der Waals surface area contributed by atoms with Crippen molar-refractivity contribution >= 4 is 21.4 Å². The number of aromatic amines is 2. The summed E-state index contributed by atoms with van der Waals surface area (Å²) >= 11 is 0.672. The molecule has 98 valence electrons. The lowest BCUT2D eigenvalue weighted by molar-refractivity contribution is 0.582. The van der Waals surface area contributed by atoms with Gasteiger partial charge in [0.15, 0.2) is 4.21 Å². The highest BCUT2D eigenvalue weighted by atomic mass is 32.2. The van der Waals surface area contributed by atoms with Crippen molar-refractivity contribution < 1.29 is 8.42 Å². The van der Waals surface area contributed by atoms with Crippen molar-refractivity contribution in [1.29, 1.82) is 0 Å². The minimum absolute atomic E-state index is 0.0186. The van der Waals surface area contributed by atoms with Gasteiger partial charge in [0.25, 0.3) is 10.0 Å². The van der Waals surface area contributed by atoms with Crippen molar-refractivity contribution in [3.05, 3.63) is 27.5 Å². The number of nitrogens with one attached hydrogen (secondary N) is 3. The van der Waals surface area contributed by atoms with Crippen molar-refractivity contribution in [3.63, 3.8) is 0 Å². The summed E-state index contributed by atoms with van der Waals surface area (Å²) in [4.78, 5) is 17.0. The van der Waals surface area contributed by atoms with Crippen LogP contribution in [0.3, 0.4) is 0 Å². The van der Waals surface area contributed by atoms with Gasteiger partial charge in [-0.3, -0.25) is 9.89 Å². The lowest BCUT2D eigenvalue weighted by atomic mass is 10.4. The first-order valence-corrected chi connectivity index (χ1v) is 7.32. The van der Waals surface area contributed by atoms with E-state index >= 15 is 0 Å². The monoisotopic (exact) mass is 289 g/mol. The molecule has 0 aliphatic heterocycles. The Kier molecular flexibility index (Phi) is 3.59. The van der Waals surface area contributed by atoms with Gasteiger partial charge in [0, 0.05) is 18.7 Å². The lowest BCUT2D eigenvalue weighted by Crippen LogP contribution is -2.26. The largest absolute Gasteiger partial charge is 0.315 e. The van der Waals surface area contributed by atoms with Crippen molar-refractivity contribution in [1.82, 2.24) is 24.9 Å². The summed E-state index contributed by atoms with van der Waals surface area (Å²) in [5, 5.41) is 6.28. The molecule has 8 nitrogen and oxygen atoms in total. The fourth-order valence-electron chi connectivity index (χ4n) is 1.37. The minimum atomic E-state index is -3.65. The zero-order valence-corrected chi connectivity index (χ0v) is 11.1. The summed E-state index contributed by atoms with van der Waals surface area (Å²) in [6, 6.07) is 0. The number of hydrogen-bond donors (Lipinski definition) is 3. The molecule has 0 bridgehead atoms. The highest BCUT2D eigenvalue weighted by Crippen LogP contribution is 2.15. The van der Waals surface area contributed by atoms with Gasteiger partial charge < -0.3 is 4.98 Å². The molecule has 0 unspecified atom stereocenters. The van der Waals surface area contributed by atoms with Gasteiger partial charge in [-0.25, -0.2) is 18.1 Å². The number of H-pyrrole nitrogens is 2. The van der Waals surface area contributed by atoms with Gasteiger partial charge in [-0.1, -0.05) is 11.3 Å². The average Bonchev–Trinajstić information content (AvgIpc) is 2.88. The first kappa shape index (κ1) is 12.9. The smallest absolute Gasteiger partial charge is 0.305 e. The third kappa shape index (κ3) is 2.83. The maximum atomic E-state index is 11.9. The molecule has 3 N–H and O–H groups in total. The van der Waals surface area contributed by atoms with Crippen molar-refractivity contribution in [3.8, 4) is 0 Å². The van der Waals surface area contributed by atoms with E-state index in [1.165, 1.54) is 6.33 Å². The van der Waals surface area contributed by atoms with Crippen LogP contribution < -0.4 is 9.60 Å². The molecular formula is C8H11N5O3S2. The van der Waals surface area contributed by atoms with Crippen LogP contribution in [0.4, 0.5) is 0 Å². The molecule has 0 spiro atoms. The van der Waals surface area contributed by atoms with Crippen molar-refractivity contribution in [2.24, 2.45) is 0 Å². The molecule has 0 radical (unpaired) electrons. The number of nitrogens with zero attached hydrogens (tertiary/aromatic N) is 2. The maximum Gasteiger partial charge on any atom is 0.305 e. The second-order valence-electron chi connectivity index (χ2n) is 3.51. The van der Waals surface area contributed by atoms with Gasteiger partial charge in [0.1, 0.15) is 12.2 Å². The minimum Gasteiger partial charge on any atom is -0.315 e. The van der Waals surface area contributed by atoms with Crippen molar-refractivity contribution in [2.75, 3.05) is 6.54 Å². The third-order valence-corrected chi connectivity index (χ3v) is 5.21. The molecule has 0 aromatic carbocycles. The fraction of sp³-hybridized carbons (Fsp3) is 0.375. The third-order valence-electron chi connectivity index (χ3n) is 2.14. The SMILES string of the molecule is Cc1[nH]c(=O)sc1S(=O)(=O)NCCc1ncn[nH]1. The van der Waals surface area contributed by atoms with E-state index in [0.29, 0.717) is 29.3 Å². The average molecular weight is 289 g/mol. The van der Waals surface area contributed by atoms with Gasteiger partial charge in [-0.05, 0) is 6.92 Å². The Morgan fingerprint density at radius 2 is 2.28 bits per heavy atom. The number of hydrogen-bond acceptors (Lipinski definition) is 6. The van der Waals surface area contributed by atoms with Crippen LogP contribution in [0.2, 0.25) is 0 Å². The van der Waals surface area contributed by atoms with E-state index in [1.54, 1.807) is 6.92 Å². The topological polar surface area (TPSA) is 121 Å². The highest BCUT2D eigenvalue weighted by molar-refractivity contribution is 7.91. The summed E-state index contributed by atoms with van der Waals surface area (Å²) in [5.74, 6) is 0.594. The second-order valence-corrected chi connectivity index (χ2v) is 6.45. The van der Waals surface area contributed by atoms with Gasteiger partial charge in [0.2, 0.25) is 0 Å². The van der Waals surface area contributed by atoms with Gasteiger partial charge in [-0.15, -0.1) is 0 Å². The molecule has 2 heterocycles. The van der Waals surface area contributed by atoms with Crippen LogP contribution in [0.5, 0.6) is 0 Å². The molecule has 0 saturated heterocycles. The Morgan fingerprint density at radius 1 is 1.50 bits per heavy atom. The number of thiazole rings is 1. The quantitative estimate of drug-likeness (QED) is 0.677. The Morgan fingerprint density at radius 3 is 2.83 bits per heavy atom. The zero-order chi connectivity index (χ0) is 13.2. The van der Waals surface area contributed by atoms with Crippen LogP contribution in [-0.4, -0.2) is 35.1 Å². The Hall–Kier alpha value is -1.52. The molecule has 0 amide bonds. The molecule has 0 saturated carbocycles. The zero-order valence-electron chi connectivity index (χ0n) is 9.43. The number of aromatic nitrogens is 4. The second kappa shape index (κ2) is 5.00. The first-order valence-electron chi connectivity index (χ1n) is 5.02. The van der Waals surface area contributed by atoms with Crippen LogP contribution in [0.25, 0.3) is 0 Å². The van der Waals surface area contributed by atoms with E-state index < -0.39 is 10.0 Å². The van der Waals surface area contributed by atoms with E-state index in [-0.39, 0.29) is 15.6 Å². The summed E-state index contributed by atoms with van der Waals surface area (Å²) in [7, 11) is -3.65. The van der Waals surface area contributed by atoms with Crippen LogP contribution in [-0.2, 0) is 16.4 Å². The van der Waals surface area contributed by atoms with E-state index in [4.69, 9.17) is 0 Å². The first-order chi connectivity index (χ1) is 8.49. The summed E-state index contributed by atoms with van der Waals surface area (Å²) in [6.45, 7) is 1.73. The molecule has 2 aromatic rings. The van der Waals surface area contributed by atoms with Gasteiger partial charge >= 0.3 is 4.87 Å². The van der Waals surface area contributed by atoms with Crippen LogP contribution in [0.15, 0.2) is 15.3 Å². The Balaban J connectivity index is 2.04. The van der Waals surface area contributed by atoms with Gasteiger partial charge in [0.05, 0.1) is 0 Å². The molecule has 0 fully saturated rings. The molecule has 10 heteroatoms. The summed E-state index contributed by atoms with van der Waals surface area (Å²) in [6.07, 6.45) is 1.75. The Labute approximate surface area is 107 Å². The van der Waals surface area contributed by atoms with E-state index in [0.717, 1.165) is 0 Å². The summed E-state index contributed by atoms with van der Waals surface area (Å²) < 4.78 is 26.2. The Bertz CT molecular complexity index is 670.